The summed E-state index contributed by atoms with van der Waals surface area (Å²) in [6.45, 7) is 4.60. The lowest BCUT2D eigenvalue weighted by atomic mass is 9.82. The number of carboxylic acids is 1. The molecule has 1 aromatic heterocycles. The van der Waals surface area contributed by atoms with E-state index < -0.39 is 17.8 Å². The second-order valence-electron chi connectivity index (χ2n) is 5.79. The van der Waals surface area contributed by atoms with E-state index in [1.807, 2.05) is 26.0 Å². The molecule has 2 N–H and O–H groups in total. The largest absolute Gasteiger partial charge is 0.481 e. The van der Waals surface area contributed by atoms with Gasteiger partial charge >= 0.3 is 5.97 Å². The van der Waals surface area contributed by atoms with E-state index in [1.54, 1.807) is 10.9 Å². The van der Waals surface area contributed by atoms with Gasteiger partial charge in [0.15, 0.2) is 0 Å². The van der Waals surface area contributed by atoms with E-state index in [0.717, 1.165) is 18.7 Å². The number of hydrogen-bond acceptors (Lipinski definition) is 3. The number of carboxylic acid groups (broad SMARTS) is 1. The number of aliphatic carboxylic acids is 1. The maximum absolute atomic E-state index is 12.5. The molecule has 21 heavy (non-hydrogen) atoms. The first-order valence-electron chi connectivity index (χ1n) is 7.27. The second-order valence-corrected chi connectivity index (χ2v) is 5.79. The third-order valence-corrected chi connectivity index (χ3v) is 4.71. The molecule has 0 unspecified atom stereocenters. The van der Waals surface area contributed by atoms with Crippen LogP contribution in [0.5, 0.6) is 0 Å². The molecule has 0 saturated heterocycles. The summed E-state index contributed by atoms with van der Waals surface area (Å²) in [4.78, 5) is 24.0. The normalized spacial score (nSPS) is 29.8. The molecule has 112 valence electrons. The van der Waals surface area contributed by atoms with Gasteiger partial charge < -0.3 is 10.4 Å². The Balaban J connectivity index is 1.80. The van der Waals surface area contributed by atoms with E-state index in [2.05, 4.69) is 10.4 Å². The fraction of sp³-hybridized carbons (Fsp3) is 0.533. The molecule has 0 spiro atoms. The van der Waals surface area contributed by atoms with Crippen LogP contribution >= 0.6 is 0 Å². The molecule has 2 aliphatic rings. The number of aromatic nitrogens is 2. The number of anilines is 1. The number of nitrogens with zero attached hydrogens (tertiary/aromatic N) is 2. The highest BCUT2D eigenvalue weighted by molar-refractivity contribution is 5.96. The Hall–Kier alpha value is -2.11. The minimum Gasteiger partial charge on any atom is -0.481 e. The highest BCUT2D eigenvalue weighted by Gasteiger charge is 2.51. The first-order valence-corrected chi connectivity index (χ1v) is 7.27. The Labute approximate surface area is 122 Å². The van der Waals surface area contributed by atoms with Crippen LogP contribution < -0.4 is 5.32 Å². The number of carbonyl (C=O) groups excluding carboxylic acids is 1. The summed E-state index contributed by atoms with van der Waals surface area (Å²) in [6.07, 6.45) is 6.31. The molecule has 4 atom stereocenters. The lowest BCUT2D eigenvalue weighted by molar-refractivity contribution is -0.146. The Morgan fingerprint density at radius 1 is 1.38 bits per heavy atom. The third kappa shape index (κ3) is 2.14. The Kier molecular flexibility index (Phi) is 3.31. The molecule has 0 radical (unpaired) electrons. The van der Waals surface area contributed by atoms with Crippen molar-refractivity contribution < 1.29 is 14.7 Å². The monoisotopic (exact) mass is 289 g/mol. The van der Waals surface area contributed by atoms with Crippen molar-refractivity contribution in [1.29, 1.82) is 0 Å². The number of hydrogen-bond donors (Lipinski definition) is 2. The molecule has 2 aliphatic carbocycles. The lowest BCUT2D eigenvalue weighted by Crippen LogP contribution is -2.36. The summed E-state index contributed by atoms with van der Waals surface area (Å²) >= 11 is 0. The van der Waals surface area contributed by atoms with Gasteiger partial charge in [-0.25, -0.2) is 0 Å². The highest BCUT2D eigenvalue weighted by atomic mass is 16.4. The first kappa shape index (κ1) is 13.9. The fourth-order valence-electron chi connectivity index (χ4n) is 3.62. The molecule has 0 aromatic carbocycles. The van der Waals surface area contributed by atoms with Crippen molar-refractivity contribution >= 4 is 17.6 Å². The predicted molar refractivity (Wildman–Crippen MR) is 76.6 cm³/mol. The van der Waals surface area contributed by atoms with Crippen LogP contribution in [0.2, 0.25) is 0 Å². The smallest absolute Gasteiger partial charge is 0.307 e. The third-order valence-electron chi connectivity index (χ3n) is 4.71. The van der Waals surface area contributed by atoms with Crippen LogP contribution in [0.3, 0.4) is 0 Å². The fourth-order valence-corrected chi connectivity index (χ4v) is 3.62. The number of aryl methyl sites for hydroxylation is 1. The standard InChI is InChI=1S/C15H19N3O3/c1-3-18-8(2)11(7-16-18)17-14(19)12-9-4-5-10(6-9)13(12)15(20)21/h4-5,7,9-10,12-13H,3,6H2,1-2H3,(H,17,19)(H,20,21)/t9-,10-,12+,13-/m0/s1. The summed E-state index contributed by atoms with van der Waals surface area (Å²) < 4.78 is 1.80. The van der Waals surface area contributed by atoms with Crippen molar-refractivity contribution in [1.82, 2.24) is 9.78 Å². The molecule has 6 nitrogen and oxygen atoms in total. The second kappa shape index (κ2) is 5.02. The summed E-state index contributed by atoms with van der Waals surface area (Å²) in [5.41, 5.74) is 1.55. The van der Waals surface area contributed by atoms with Crippen molar-refractivity contribution in [3.05, 3.63) is 24.0 Å². The van der Waals surface area contributed by atoms with E-state index in [1.165, 1.54) is 0 Å². The minimum absolute atomic E-state index is 0.0114. The van der Waals surface area contributed by atoms with Gasteiger partial charge in [0.25, 0.3) is 0 Å². The van der Waals surface area contributed by atoms with Gasteiger partial charge in [-0.3, -0.25) is 14.3 Å². The zero-order chi connectivity index (χ0) is 15.1. The molecule has 1 heterocycles. The van der Waals surface area contributed by atoms with Gasteiger partial charge in [0, 0.05) is 6.54 Å². The molecule has 1 amide bonds. The molecule has 1 saturated carbocycles. The first-order chi connectivity index (χ1) is 10.0. The van der Waals surface area contributed by atoms with Crippen LogP contribution in [0, 0.1) is 30.6 Å². The Morgan fingerprint density at radius 3 is 2.62 bits per heavy atom. The van der Waals surface area contributed by atoms with Crippen LogP contribution in [-0.4, -0.2) is 26.8 Å². The number of fused-ring (bicyclic) bond motifs is 2. The Morgan fingerprint density at radius 2 is 2.05 bits per heavy atom. The Bertz CT molecular complexity index is 620. The van der Waals surface area contributed by atoms with Gasteiger partial charge in [-0.1, -0.05) is 12.2 Å². The van der Waals surface area contributed by atoms with Crippen LogP contribution in [0.25, 0.3) is 0 Å². The van der Waals surface area contributed by atoms with E-state index in [-0.39, 0.29) is 17.7 Å². The average molecular weight is 289 g/mol. The van der Waals surface area contributed by atoms with Crippen LogP contribution in [0.1, 0.15) is 19.0 Å². The summed E-state index contributed by atoms with van der Waals surface area (Å²) in [5.74, 6) is -2.16. The summed E-state index contributed by atoms with van der Waals surface area (Å²) in [7, 11) is 0. The molecule has 6 heteroatoms. The zero-order valence-corrected chi connectivity index (χ0v) is 12.1. The lowest BCUT2D eigenvalue weighted by Gasteiger charge is -2.23. The van der Waals surface area contributed by atoms with Crippen molar-refractivity contribution in [2.24, 2.45) is 23.7 Å². The van der Waals surface area contributed by atoms with Gasteiger partial charge in [-0.05, 0) is 32.1 Å². The highest BCUT2D eigenvalue weighted by Crippen LogP contribution is 2.48. The van der Waals surface area contributed by atoms with Crippen LogP contribution in [0.4, 0.5) is 5.69 Å². The van der Waals surface area contributed by atoms with Crippen molar-refractivity contribution in [3.63, 3.8) is 0 Å². The van der Waals surface area contributed by atoms with Crippen LogP contribution in [-0.2, 0) is 16.1 Å². The van der Waals surface area contributed by atoms with E-state index in [9.17, 15) is 14.7 Å². The molecule has 2 bridgehead atoms. The number of carbonyl (C=O) groups is 2. The SMILES string of the molecule is CCn1ncc(NC(=O)[C@H]2[C@@H](C(=O)O)[C@H]3C=C[C@H]2C3)c1C. The van der Waals surface area contributed by atoms with Gasteiger partial charge in [0.2, 0.25) is 5.91 Å². The van der Waals surface area contributed by atoms with E-state index in [4.69, 9.17) is 0 Å². The number of amides is 1. The molecular weight excluding hydrogens is 270 g/mol. The maximum atomic E-state index is 12.5. The molecule has 3 rings (SSSR count). The predicted octanol–water partition coefficient (Wildman–Crippen LogP) is 1.67. The summed E-state index contributed by atoms with van der Waals surface area (Å²) in [6, 6.07) is 0. The van der Waals surface area contributed by atoms with Crippen LogP contribution in [0.15, 0.2) is 18.3 Å². The van der Waals surface area contributed by atoms with E-state index >= 15 is 0 Å². The number of nitrogens with one attached hydrogen (secondary N) is 1. The summed E-state index contributed by atoms with van der Waals surface area (Å²) in [5, 5.41) is 16.4. The number of rotatable bonds is 4. The molecule has 1 aromatic rings. The quantitative estimate of drug-likeness (QED) is 0.826. The molecule has 1 fully saturated rings. The number of allylic oxidation sites excluding steroid dienone is 2. The minimum atomic E-state index is -0.882. The van der Waals surface area contributed by atoms with Gasteiger partial charge in [-0.15, -0.1) is 0 Å². The average Bonchev–Trinajstić information content (AvgIpc) is 3.13. The van der Waals surface area contributed by atoms with Crippen molar-refractivity contribution in [2.45, 2.75) is 26.8 Å². The topological polar surface area (TPSA) is 84.2 Å². The maximum Gasteiger partial charge on any atom is 0.307 e. The van der Waals surface area contributed by atoms with Gasteiger partial charge in [0.1, 0.15) is 0 Å². The molecule has 0 aliphatic heterocycles. The zero-order valence-electron chi connectivity index (χ0n) is 12.1. The van der Waals surface area contributed by atoms with Gasteiger partial charge in [0.05, 0.1) is 29.4 Å². The van der Waals surface area contributed by atoms with E-state index in [0.29, 0.717) is 5.69 Å². The van der Waals surface area contributed by atoms with Crippen molar-refractivity contribution in [2.75, 3.05) is 5.32 Å². The van der Waals surface area contributed by atoms with Crippen molar-refractivity contribution in [3.8, 4) is 0 Å². The molecular formula is C15H19N3O3. The van der Waals surface area contributed by atoms with Gasteiger partial charge in [-0.2, -0.15) is 5.10 Å².